The van der Waals surface area contributed by atoms with Crippen molar-refractivity contribution in [2.75, 3.05) is 13.2 Å². The lowest BCUT2D eigenvalue weighted by Gasteiger charge is -2.38. The molecule has 1 heterocycles. The molecule has 6 nitrogen and oxygen atoms in total. The van der Waals surface area contributed by atoms with E-state index in [1.54, 1.807) is 12.1 Å². The number of hydrogen-bond donors (Lipinski definition) is 2. The highest BCUT2D eigenvalue weighted by atomic mass is 28.4. The van der Waals surface area contributed by atoms with E-state index < -0.39 is 8.32 Å². The first kappa shape index (κ1) is 22.7. The van der Waals surface area contributed by atoms with Crippen LogP contribution in [0, 0.1) is 6.92 Å². The number of benzene rings is 1. The van der Waals surface area contributed by atoms with E-state index >= 15 is 0 Å². The third-order valence-electron chi connectivity index (χ3n) is 5.31. The van der Waals surface area contributed by atoms with Crippen molar-refractivity contribution < 1.29 is 18.7 Å². The Kier molecular flexibility index (Phi) is 6.53. The average Bonchev–Trinajstić information content (AvgIpc) is 2.57. The minimum atomic E-state index is -1.86. The first-order valence-electron chi connectivity index (χ1n) is 9.86. The molecule has 2 N–H and O–H groups in total. The van der Waals surface area contributed by atoms with Crippen LogP contribution in [0.4, 0.5) is 0 Å². The molecule has 1 aromatic carbocycles. The molecule has 28 heavy (non-hydrogen) atoms. The lowest BCUT2D eigenvalue weighted by Crippen LogP contribution is -2.49. The number of amides is 1. The number of carbonyl (C=O) groups is 1. The maximum Gasteiger partial charge on any atom is 0.265 e. The third kappa shape index (κ3) is 5.49. The maximum atomic E-state index is 12.6. The number of ether oxygens (including phenoxy) is 2. The normalized spacial score (nSPS) is 17.4. The van der Waals surface area contributed by atoms with E-state index in [9.17, 15) is 4.79 Å². The standard InChI is InChI=1S/C21H36N2O4Si/c1-14-16(19(24)22-23-20(2,3)4)10-11-17-18(14)27-15(12-25-17)13-26-28(8,9)21(5,6)7/h10-11,15,23H,12-13H2,1-9H3,(H,22,24)/t15-/m1/s1. The van der Waals surface area contributed by atoms with Gasteiger partial charge >= 0.3 is 0 Å². The molecule has 0 fully saturated rings. The molecular formula is C21H36N2O4Si. The molecule has 7 heteroatoms. The molecule has 1 amide bonds. The van der Waals surface area contributed by atoms with Gasteiger partial charge < -0.3 is 13.9 Å². The van der Waals surface area contributed by atoms with E-state index in [4.69, 9.17) is 13.9 Å². The van der Waals surface area contributed by atoms with Crippen molar-refractivity contribution >= 4 is 14.2 Å². The van der Waals surface area contributed by atoms with Crippen LogP contribution in [0.5, 0.6) is 11.5 Å². The summed E-state index contributed by atoms with van der Waals surface area (Å²) in [5.74, 6) is 1.10. The topological polar surface area (TPSA) is 68.8 Å². The fourth-order valence-corrected chi connectivity index (χ4v) is 3.50. The number of hydrogen-bond acceptors (Lipinski definition) is 5. The summed E-state index contributed by atoms with van der Waals surface area (Å²) in [6.45, 7) is 19.8. The Morgan fingerprint density at radius 1 is 1.21 bits per heavy atom. The lowest BCUT2D eigenvalue weighted by molar-refractivity contribution is 0.0483. The predicted octanol–water partition coefficient (Wildman–Crippen LogP) is 4.19. The smallest absolute Gasteiger partial charge is 0.265 e. The number of hydrazine groups is 1. The Morgan fingerprint density at radius 3 is 2.43 bits per heavy atom. The van der Waals surface area contributed by atoms with Crippen molar-refractivity contribution in [2.24, 2.45) is 0 Å². The monoisotopic (exact) mass is 408 g/mol. The van der Waals surface area contributed by atoms with Crippen LogP contribution < -0.4 is 20.3 Å². The molecule has 1 aromatic rings. The summed E-state index contributed by atoms with van der Waals surface area (Å²) in [6, 6.07) is 3.56. The van der Waals surface area contributed by atoms with Crippen molar-refractivity contribution in [3.05, 3.63) is 23.3 Å². The van der Waals surface area contributed by atoms with Gasteiger partial charge in [-0.1, -0.05) is 20.8 Å². The van der Waals surface area contributed by atoms with Crippen molar-refractivity contribution in [2.45, 2.75) is 78.2 Å². The van der Waals surface area contributed by atoms with Gasteiger partial charge in [-0.05, 0) is 58.0 Å². The molecule has 0 saturated carbocycles. The van der Waals surface area contributed by atoms with Crippen molar-refractivity contribution in [1.29, 1.82) is 0 Å². The van der Waals surface area contributed by atoms with Crippen LogP contribution in [0.2, 0.25) is 18.1 Å². The molecule has 1 atom stereocenters. The quantitative estimate of drug-likeness (QED) is 0.565. The largest absolute Gasteiger partial charge is 0.486 e. The minimum Gasteiger partial charge on any atom is -0.486 e. The highest BCUT2D eigenvalue weighted by molar-refractivity contribution is 6.74. The third-order valence-corrected chi connectivity index (χ3v) is 9.81. The average molecular weight is 409 g/mol. The van der Waals surface area contributed by atoms with Gasteiger partial charge in [-0.25, -0.2) is 5.43 Å². The van der Waals surface area contributed by atoms with Gasteiger partial charge in [0.1, 0.15) is 6.61 Å². The van der Waals surface area contributed by atoms with Gasteiger partial charge in [0.05, 0.1) is 6.61 Å². The summed E-state index contributed by atoms with van der Waals surface area (Å²) in [4.78, 5) is 12.6. The summed E-state index contributed by atoms with van der Waals surface area (Å²) >= 11 is 0. The zero-order valence-electron chi connectivity index (χ0n) is 18.8. The zero-order valence-corrected chi connectivity index (χ0v) is 19.8. The Bertz CT molecular complexity index is 720. The number of carbonyl (C=O) groups excluding carboxylic acids is 1. The molecule has 1 aliphatic rings. The highest BCUT2D eigenvalue weighted by Gasteiger charge is 2.38. The molecule has 0 saturated heterocycles. The molecule has 0 spiro atoms. The maximum absolute atomic E-state index is 12.6. The minimum absolute atomic E-state index is 0.141. The summed E-state index contributed by atoms with van der Waals surface area (Å²) in [6.07, 6.45) is -0.189. The molecule has 0 aromatic heterocycles. The van der Waals surface area contributed by atoms with Crippen LogP contribution in [0.1, 0.15) is 57.5 Å². The second kappa shape index (κ2) is 8.04. The van der Waals surface area contributed by atoms with Crippen molar-refractivity contribution in [1.82, 2.24) is 10.9 Å². The molecule has 1 aliphatic heterocycles. The van der Waals surface area contributed by atoms with Crippen LogP contribution in [-0.2, 0) is 4.43 Å². The van der Waals surface area contributed by atoms with E-state index in [0.717, 1.165) is 5.56 Å². The van der Waals surface area contributed by atoms with Crippen LogP contribution >= 0.6 is 0 Å². The zero-order chi connectivity index (χ0) is 21.3. The van der Waals surface area contributed by atoms with Gasteiger partial charge in [0.25, 0.3) is 5.91 Å². The lowest BCUT2D eigenvalue weighted by atomic mass is 10.1. The van der Waals surface area contributed by atoms with Crippen molar-refractivity contribution in [3.8, 4) is 11.5 Å². The van der Waals surface area contributed by atoms with E-state index in [-0.39, 0.29) is 22.6 Å². The SMILES string of the molecule is Cc1c(C(=O)NNC(C)(C)C)ccc2c1O[C@@H](CO[Si](C)(C)C(C)(C)C)CO2. The molecule has 0 unspecified atom stereocenters. The predicted molar refractivity (Wildman–Crippen MR) is 115 cm³/mol. The Morgan fingerprint density at radius 2 is 1.86 bits per heavy atom. The first-order valence-corrected chi connectivity index (χ1v) is 12.8. The summed E-state index contributed by atoms with van der Waals surface area (Å²) < 4.78 is 18.3. The highest BCUT2D eigenvalue weighted by Crippen LogP contribution is 2.39. The van der Waals surface area contributed by atoms with Crippen LogP contribution in [0.3, 0.4) is 0 Å². The van der Waals surface area contributed by atoms with Gasteiger partial charge in [0, 0.05) is 16.7 Å². The number of nitrogens with one attached hydrogen (secondary N) is 2. The summed E-state index contributed by atoms with van der Waals surface area (Å²) in [5.41, 5.74) is 6.86. The summed E-state index contributed by atoms with van der Waals surface area (Å²) in [5, 5.41) is 0.141. The van der Waals surface area contributed by atoms with Crippen molar-refractivity contribution in [3.63, 3.8) is 0 Å². The van der Waals surface area contributed by atoms with Crippen LogP contribution in [-0.4, -0.2) is 39.1 Å². The number of fused-ring (bicyclic) bond motifs is 1. The second-order valence-electron chi connectivity index (χ2n) is 10.0. The molecular weight excluding hydrogens is 372 g/mol. The van der Waals surface area contributed by atoms with E-state index in [1.165, 1.54) is 0 Å². The van der Waals surface area contributed by atoms with Gasteiger partial charge in [-0.3, -0.25) is 10.2 Å². The number of rotatable bonds is 5. The molecule has 0 aliphatic carbocycles. The molecule has 2 rings (SSSR count). The summed E-state index contributed by atoms with van der Waals surface area (Å²) in [7, 11) is -1.86. The molecule has 0 bridgehead atoms. The van der Waals surface area contributed by atoms with Gasteiger partial charge in [0.15, 0.2) is 25.9 Å². The Balaban J connectivity index is 2.10. The second-order valence-corrected chi connectivity index (χ2v) is 14.8. The van der Waals surface area contributed by atoms with E-state index in [2.05, 4.69) is 44.7 Å². The fraction of sp³-hybridized carbons (Fsp3) is 0.667. The molecule has 0 radical (unpaired) electrons. The van der Waals surface area contributed by atoms with E-state index in [0.29, 0.717) is 30.3 Å². The van der Waals surface area contributed by atoms with E-state index in [1.807, 2.05) is 27.7 Å². The first-order chi connectivity index (χ1) is 12.7. The Labute approximate surface area is 170 Å². The Hall–Kier alpha value is -1.57. The van der Waals surface area contributed by atoms with Gasteiger partial charge in [-0.15, -0.1) is 0 Å². The fourth-order valence-electron chi connectivity index (χ4n) is 2.47. The van der Waals surface area contributed by atoms with Crippen LogP contribution in [0.15, 0.2) is 12.1 Å². The van der Waals surface area contributed by atoms with Gasteiger partial charge in [-0.2, -0.15) is 0 Å². The molecule has 158 valence electrons. The van der Waals surface area contributed by atoms with Gasteiger partial charge in [0.2, 0.25) is 0 Å². The van der Waals surface area contributed by atoms with Crippen LogP contribution in [0.25, 0.3) is 0 Å².